The van der Waals surface area contributed by atoms with Crippen LogP contribution in [0.2, 0.25) is 0 Å². The molecule has 0 aliphatic rings. The van der Waals surface area contributed by atoms with Crippen LogP contribution in [0.5, 0.6) is 23.0 Å². The van der Waals surface area contributed by atoms with Crippen LogP contribution in [0.25, 0.3) is 12.2 Å². The first kappa shape index (κ1) is 17.4. The third-order valence-electron chi connectivity index (χ3n) is 3.34. The van der Waals surface area contributed by atoms with E-state index in [0.29, 0.717) is 23.0 Å². The molecule has 2 aromatic carbocycles. The molecule has 0 atom stereocenters. The number of carbonyl (C=O) groups excluding carboxylic acids is 1. The summed E-state index contributed by atoms with van der Waals surface area (Å²) in [6, 6.07) is 11.0. The van der Waals surface area contributed by atoms with Crippen LogP contribution in [0.15, 0.2) is 36.4 Å². The second kappa shape index (κ2) is 8.06. The Bertz CT molecular complexity index is 749. The van der Waals surface area contributed by atoms with Crippen LogP contribution in [0, 0.1) is 0 Å². The molecule has 0 saturated carbocycles. The van der Waals surface area contributed by atoms with E-state index >= 15 is 0 Å². The molecule has 0 bridgehead atoms. The number of esters is 1. The van der Waals surface area contributed by atoms with Gasteiger partial charge < -0.3 is 18.9 Å². The third-order valence-corrected chi connectivity index (χ3v) is 3.34. The van der Waals surface area contributed by atoms with Gasteiger partial charge >= 0.3 is 5.97 Å². The second-order valence-electron chi connectivity index (χ2n) is 4.92. The molecule has 0 heterocycles. The Hall–Kier alpha value is -2.95. The minimum absolute atomic E-state index is 0.393. The van der Waals surface area contributed by atoms with E-state index in [2.05, 4.69) is 0 Å². The average molecular weight is 328 g/mol. The summed E-state index contributed by atoms with van der Waals surface area (Å²) in [5.74, 6) is 1.80. The number of hydrogen-bond acceptors (Lipinski definition) is 5. The average Bonchev–Trinajstić information content (AvgIpc) is 2.59. The Morgan fingerprint density at radius 1 is 0.875 bits per heavy atom. The molecule has 0 saturated heterocycles. The Morgan fingerprint density at radius 2 is 1.58 bits per heavy atom. The van der Waals surface area contributed by atoms with Crippen molar-refractivity contribution in [1.82, 2.24) is 0 Å². The fourth-order valence-electron chi connectivity index (χ4n) is 2.22. The molecule has 0 N–H and O–H groups in total. The van der Waals surface area contributed by atoms with E-state index < -0.39 is 5.97 Å². The summed E-state index contributed by atoms with van der Waals surface area (Å²) in [4.78, 5) is 11.3. The number of ether oxygens (including phenoxy) is 4. The molecule has 24 heavy (non-hydrogen) atoms. The number of methoxy groups -OCH3 is 3. The van der Waals surface area contributed by atoms with E-state index in [1.165, 1.54) is 14.0 Å². The molecular formula is C19H20O5. The zero-order valence-corrected chi connectivity index (χ0v) is 14.2. The minimum atomic E-state index is -0.403. The Balaban J connectivity index is 2.36. The molecule has 0 aromatic heterocycles. The fourth-order valence-corrected chi connectivity index (χ4v) is 2.22. The van der Waals surface area contributed by atoms with Gasteiger partial charge in [-0.05, 0) is 23.8 Å². The van der Waals surface area contributed by atoms with Crippen molar-refractivity contribution in [2.75, 3.05) is 21.3 Å². The van der Waals surface area contributed by atoms with E-state index in [0.717, 1.165) is 11.1 Å². The maximum atomic E-state index is 11.3. The SMILES string of the molecule is COc1ccc(/C=C/c2cccc(OC)c2OC(C)=O)cc1OC. The van der Waals surface area contributed by atoms with Crippen molar-refractivity contribution < 1.29 is 23.7 Å². The molecule has 2 aromatic rings. The molecule has 0 radical (unpaired) electrons. The highest BCUT2D eigenvalue weighted by molar-refractivity contribution is 5.78. The molecule has 0 spiro atoms. The summed E-state index contributed by atoms with van der Waals surface area (Å²) in [5.41, 5.74) is 1.66. The van der Waals surface area contributed by atoms with Crippen LogP contribution in [-0.2, 0) is 4.79 Å². The van der Waals surface area contributed by atoms with Crippen LogP contribution in [0.1, 0.15) is 18.1 Å². The van der Waals surface area contributed by atoms with Crippen molar-refractivity contribution in [1.29, 1.82) is 0 Å². The van der Waals surface area contributed by atoms with Gasteiger partial charge in [0.05, 0.1) is 21.3 Å². The van der Waals surface area contributed by atoms with Crippen LogP contribution in [-0.4, -0.2) is 27.3 Å². The van der Waals surface area contributed by atoms with E-state index in [9.17, 15) is 4.79 Å². The fraction of sp³-hybridized carbons (Fsp3) is 0.211. The van der Waals surface area contributed by atoms with Crippen molar-refractivity contribution >= 4 is 18.1 Å². The maximum absolute atomic E-state index is 11.3. The molecule has 0 unspecified atom stereocenters. The lowest BCUT2D eigenvalue weighted by Crippen LogP contribution is -2.04. The molecule has 5 nitrogen and oxygen atoms in total. The first-order valence-corrected chi connectivity index (χ1v) is 7.34. The van der Waals surface area contributed by atoms with E-state index in [4.69, 9.17) is 18.9 Å². The molecule has 0 aliphatic carbocycles. The molecular weight excluding hydrogens is 308 g/mol. The first-order valence-electron chi connectivity index (χ1n) is 7.34. The van der Waals surface area contributed by atoms with Crippen molar-refractivity contribution in [3.63, 3.8) is 0 Å². The molecule has 5 heteroatoms. The standard InChI is InChI=1S/C19H20O5/c1-13(20)24-19-15(6-5-7-17(19)22-3)10-8-14-9-11-16(21-2)18(12-14)23-4/h5-12H,1-4H3/b10-8+. The van der Waals surface area contributed by atoms with Gasteiger partial charge in [-0.25, -0.2) is 0 Å². The van der Waals surface area contributed by atoms with Gasteiger partial charge in [0.25, 0.3) is 0 Å². The van der Waals surface area contributed by atoms with Gasteiger partial charge in [0, 0.05) is 12.5 Å². The molecule has 0 amide bonds. The molecule has 0 fully saturated rings. The number of carbonyl (C=O) groups is 1. The van der Waals surface area contributed by atoms with Crippen LogP contribution < -0.4 is 18.9 Å². The van der Waals surface area contributed by atoms with Crippen molar-refractivity contribution in [2.45, 2.75) is 6.92 Å². The highest BCUT2D eigenvalue weighted by Gasteiger charge is 2.11. The lowest BCUT2D eigenvalue weighted by Gasteiger charge is -2.11. The van der Waals surface area contributed by atoms with Crippen LogP contribution in [0.3, 0.4) is 0 Å². The van der Waals surface area contributed by atoms with Crippen LogP contribution in [0.4, 0.5) is 0 Å². The number of para-hydroxylation sites is 1. The smallest absolute Gasteiger partial charge is 0.308 e. The van der Waals surface area contributed by atoms with E-state index in [-0.39, 0.29) is 0 Å². The summed E-state index contributed by atoms with van der Waals surface area (Å²) in [6.07, 6.45) is 3.74. The Labute approximate surface area is 141 Å². The number of rotatable bonds is 6. The molecule has 126 valence electrons. The van der Waals surface area contributed by atoms with Gasteiger partial charge in [-0.15, -0.1) is 0 Å². The van der Waals surface area contributed by atoms with Gasteiger partial charge in [-0.1, -0.05) is 30.4 Å². The van der Waals surface area contributed by atoms with Gasteiger partial charge in [0.15, 0.2) is 23.0 Å². The quantitative estimate of drug-likeness (QED) is 0.458. The second-order valence-corrected chi connectivity index (χ2v) is 4.92. The van der Waals surface area contributed by atoms with Crippen LogP contribution >= 0.6 is 0 Å². The monoisotopic (exact) mass is 328 g/mol. The lowest BCUT2D eigenvalue weighted by atomic mass is 10.1. The van der Waals surface area contributed by atoms with Crippen molar-refractivity contribution in [2.24, 2.45) is 0 Å². The maximum Gasteiger partial charge on any atom is 0.308 e. The van der Waals surface area contributed by atoms with Gasteiger partial charge in [-0.3, -0.25) is 4.79 Å². The zero-order chi connectivity index (χ0) is 17.5. The Kier molecular flexibility index (Phi) is 5.84. The number of hydrogen-bond donors (Lipinski definition) is 0. The molecule has 0 aliphatic heterocycles. The van der Waals surface area contributed by atoms with Crippen molar-refractivity contribution in [3.8, 4) is 23.0 Å². The van der Waals surface area contributed by atoms with Gasteiger partial charge in [0.2, 0.25) is 0 Å². The summed E-state index contributed by atoms with van der Waals surface area (Å²) >= 11 is 0. The highest BCUT2D eigenvalue weighted by Crippen LogP contribution is 2.33. The molecule has 2 rings (SSSR count). The zero-order valence-electron chi connectivity index (χ0n) is 14.2. The third kappa shape index (κ3) is 4.07. The summed E-state index contributed by atoms with van der Waals surface area (Å²) in [6.45, 7) is 1.36. The summed E-state index contributed by atoms with van der Waals surface area (Å²) < 4.78 is 21.1. The number of benzene rings is 2. The van der Waals surface area contributed by atoms with E-state index in [1.54, 1.807) is 20.3 Å². The lowest BCUT2D eigenvalue weighted by molar-refractivity contribution is -0.132. The first-order chi connectivity index (χ1) is 11.6. The van der Waals surface area contributed by atoms with Crippen molar-refractivity contribution in [3.05, 3.63) is 47.5 Å². The summed E-state index contributed by atoms with van der Waals surface area (Å²) in [5, 5.41) is 0. The van der Waals surface area contributed by atoms with Gasteiger partial charge in [-0.2, -0.15) is 0 Å². The minimum Gasteiger partial charge on any atom is -0.493 e. The normalized spacial score (nSPS) is 10.5. The highest BCUT2D eigenvalue weighted by atomic mass is 16.6. The predicted molar refractivity (Wildman–Crippen MR) is 92.8 cm³/mol. The largest absolute Gasteiger partial charge is 0.493 e. The predicted octanol–water partition coefficient (Wildman–Crippen LogP) is 3.81. The van der Waals surface area contributed by atoms with Gasteiger partial charge in [0.1, 0.15) is 0 Å². The van der Waals surface area contributed by atoms with E-state index in [1.807, 2.05) is 42.5 Å². The Morgan fingerprint density at radius 3 is 2.21 bits per heavy atom. The topological polar surface area (TPSA) is 54.0 Å². The summed E-state index contributed by atoms with van der Waals surface area (Å²) in [7, 11) is 4.71.